The zero-order valence-corrected chi connectivity index (χ0v) is 9.32. The summed E-state index contributed by atoms with van der Waals surface area (Å²) in [6.07, 6.45) is 1.13. The molecule has 0 saturated carbocycles. The van der Waals surface area contributed by atoms with Gasteiger partial charge in [0.1, 0.15) is 6.10 Å². The van der Waals surface area contributed by atoms with Gasteiger partial charge in [-0.25, -0.2) is 4.79 Å². The van der Waals surface area contributed by atoms with Crippen LogP contribution in [-0.2, 0) is 19.0 Å². The molecule has 2 atom stereocenters. The third-order valence-corrected chi connectivity index (χ3v) is 2.17. The number of carbonyl (C=O) groups is 1. The average Bonchev–Trinajstić information content (AvgIpc) is 2.69. The van der Waals surface area contributed by atoms with Crippen molar-refractivity contribution in [1.82, 2.24) is 0 Å². The van der Waals surface area contributed by atoms with E-state index in [1.54, 1.807) is 6.92 Å². The van der Waals surface area contributed by atoms with Crippen LogP contribution in [0.3, 0.4) is 0 Å². The standard InChI is InChI=1S/C11H18O4/c1-4-13-11(9-6-5-7-14-9)15-10(12)8(2)3/h9,11H,2,4-7H2,1,3H3. The molecular weight excluding hydrogens is 196 g/mol. The maximum Gasteiger partial charge on any atom is 0.335 e. The fourth-order valence-electron chi connectivity index (χ4n) is 1.40. The van der Waals surface area contributed by atoms with Crippen molar-refractivity contribution in [2.24, 2.45) is 0 Å². The van der Waals surface area contributed by atoms with Gasteiger partial charge in [-0.05, 0) is 26.7 Å². The largest absolute Gasteiger partial charge is 0.430 e. The van der Waals surface area contributed by atoms with Crippen LogP contribution >= 0.6 is 0 Å². The summed E-state index contributed by atoms with van der Waals surface area (Å²) in [5.41, 5.74) is 0.373. The summed E-state index contributed by atoms with van der Waals surface area (Å²) >= 11 is 0. The summed E-state index contributed by atoms with van der Waals surface area (Å²) in [5.74, 6) is -0.427. The maximum absolute atomic E-state index is 11.3. The summed E-state index contributed by atoms with van der Waals surface area (Å²) in [7, 11) is 0. The molecule has 86 valence electrons. The lowest BCUT2D eigenvalue weighted by molar-refractivity contribution is -0.199. The minimum absolute atomic E-state index is 0.131. The van der Waals surface area contributed by atoms with E-state index in [4.69, 9.17) is 14.2 Å². The first-order chi connectivity index (χ1) is 7.15. The number of ether oxygens (including phenoxy) is 3. The summed E-state index contributed by atoms with van der Waals surface area (Å²) in [4.78, 5) is 11.3. The zero-order chi connectivity index (χ0) is 11.3. The first kappa shape index (κ1) is 12.2. The van der Waals surface area contributed by atoms with Gasteiger partial charge in [-0.15, -0.1) is 0 Å². The predicted molar refractivity (Wildman–Crippen MR) is 55.3 cm³/mol. The van der Waals surface area contributed by atoms with Gasteiger partial charge in [0.15, 0.2) is 0 Å². The van der Waals surface area contributed by atoms with Gasteiger partial charge in [0.25, 0.3) is 0 Å². The van der Waals surface area contributed by atoms with Crippen molar-refractivity contribution in [1.29, 1.82) is 0 Å². The molecular formula is C11H18O4. The molecule has 1 aliphatic heterocycles. The summed E-state index contributed by atoms with van der Waals surface area (Å²) < 4.78 is 15.9. The lowest BCUT2D eigenvalue weighted by Crippen LogP contribution is -2.33. The summed E-state index contributed by atoms with van der Waals surface area (Å²) in [6.45, 7) is 8.19. The van der Waals surface area contributed by atoms with E-state index in [2.05, 4.69) is 6.58 Å². The molecule has 1 saturated heterocycles. The fourth-order valence-corrected chi connectivity index (χ4v) is 1.40. The molecule has 0 radical (unpaired) electrons. The number of hydrogen-bond acceptors (Lipinski definition) is 4. The molecule has 1 rings (SSSR count). The van der Waals surface area contributed by atoms with Crippen LogP contribution < -0.4 is 0 Å². The first-order valence-corrected chi connectivity index (χ1v) is 5.24. The van der Waals surface area contributed by atoms with Crippen LogP contribution in [0.1, 0.15) is 26.7 Å². The van der Waals surface area contributed by atoms with E-state index in [-0.39, 0.29) is 6.10 Å². The number of esters is 1. The van der Waals surface area contributed by atoms with E-state index in [1.807, 2.05) is 6.92 Å². The van der Waals surface area contributed by atoms with Crippen LogP contribution in [0, 0.1) is 0 Å². The minimum Gasteiger partial charge on any atom is -0.430 e. The van der Waals surface area contributed by atoms with Crippen LogP contribution in [0.4, 0.5) is 0 Å². The Kier molecular flexibility index (Phi) is 4.78. The third-order valence-electron chi connectivity index (χ3n) is 2.17. The molecule has 1 aliphatic rings. The molecule has 0 aromatic heterocycles. The Morgan fingerprint density at radius 2 is 2.40 bits per heavy atom. The van der Waals surface area contributed by atoms with E-state index in [0.717, 1.165) is 12.8 Å². The molecule has 0 N–H and O–H groups in total. The maximum atomic E-state index is 11.3. The van der Waals surface area contributed by atoms with Crippen LogP contribution in [0.5, 0.6) is 0 Å². The van der Waals surface area contributed by atoms with E-state index < -0.39 is 12.3 Å². The van der Waals surface area contributed by atoms with Gasteiger partial charge in [0.2, 0.25) is 6.29 Å². The van der Waals surface area contributed by atoms with Crippen LogP contribution in [0.25, 0.3) is 0 Å². The molecule has 1 heterocycles. The Labute approximate surface area is 90.2 Å². The van der Waals surface area contributed by atoms with Crippen LogP contribution in [-0.4, -0.2) is 31.6 Å². The van der Waals surface area contributed by atoms with Gasteiger partial charge >= 0.3 is 5.97 Å². The highest BCUT2D eigenvalue weighted by atomic mass is 16.7. The normalized spacial score (nSPS) is 22.4. The first-order valence-electron chi connectivity index (χ1n) is 5.24. The third kappa shape index (κ3) is 3.64. The quantitative estimate of drug-likeness (QED) is 0.396. The van der Waals surface area contributed by atoms with E-state index in [0.29, 0.717) is 18.8 Å². The fraction of sp³-hybridized carbons (Fsp3) is 0.727. The zero-order valence-electron chi connectivity index (χ0n) is 9.32. The molecule has 1 fully saturated rings. The number of rotatable bonds is 5. The lowest BCUT2D eigenvalue weighted by Gasteiger charge is -2.22. The predicted octanol–water partition coefficient (Wildman–Crippen LogP) is 1.65. The molecule has 0 aromatic carbocycles. The van der Waals surface area contributed by atoms with Gasteiger partial charge in [0, 0.05) is 18.8 Å². The van der Waals surface area contributed by atoms with Crippen LogP contribution in [0.15, 0.2) is 12.2 Å². The molecule has 15 heavy (non-hydrogen) atoms. The molecule has 0 aromatic rings. The summed E-state index contributed by atoms with van der Waals surface area (Å²) in [5, 5.41) is 0. The topological polar surface area (TPSA) is 44.8 Å². The second kappa shape index (κ2) is 5.88. The molecule has 0 bridgehead atoms. The van der Waals surface area contributed by atoms with E-state index >= 15 is 0 Å². The van der Waals surface area contributed by atoms with Crippen molar-refractivity contribution in [3.05, 3.63) is 12.2 Å². The Balaban J connectivity index is 2.49. The van der Waals surface area contributed by atoms with Crippen molar-refractivity contribution in [3.8, 4) is 0 Å². The summed E-state index contributed by atoms with van der Waals surface area (Å²) in [6, 6.07) is 0. The smallest absolute Gasteiger partial charge is 0.335 e. The van der Waals surface area contributed by atoms with Crippen molar-refractivity contribution >= 4 is 5.97 Å². The highest BCUT2D eigenvalue weighted by Crippen LogP contribution is 2.19. The Hall–Kier alpha value is -0.870. The van der Waals surface area contributed by atoms with E-state index in [1.165, 1.54) is 0 Å². The Morgan fingerprint density at radius 3 is 2.87 bits per heavy atom. The SMILES string of the molecule is C=C(C)C(=O)OC(OCC)C1CCCO1. The van der Waals surface area contributed by atoms with Crippen molar-refractivity contribution in [2.45, 2.75) is 39.1 Å². The van der Waals surface area contributed by atoms with Gasteiger partial charge in [-0.1, -0.05) is 6.58 Å². The number of carbonyl (C=O) groups excluding carboxylic acids is 1. The van der Waals surface area contributed by atoms with Crippen molar-refractivity contribution < 1.29 is 19.0 Å². The molecule has 0 spiro atoms. The van der Waals surface area contributed by atoms with Crippen molar-refractivity contribution in [3.63, 3.8) is 0 Å². The second-order valence-corrected chi connectivity index (χ2v) is 3.56. The molecule has 4 nitrogen and oxygen atoms in total. The molecule has 4 heteroatoms. The highest BCUT2D eigenvalue weighted by molar-refractivity contribution is 5.87. The second-order valence-electron chi connectivity index (χ2n) is 3.56. The number of hydrogen-bond donors (Lipinski definition) is 0. The van der Waals surface area contributed by atoms with Gasteiger partial charge < -0.3 is 14.2 Å². The average molecular weight is 214 g/mol. The van der Waals surface area contributed by atoms with E-state index in [9.17, 15) is 4.79 Å². The van der Waals surface area contributed by atoms with Crippen molar-refractivity contribution in [2.75, 3.05) is 13.2 Å². The van der Waals surface area contributed by atoms with Crippen LogP contribution in [0.2, 0.25) is 0 Å². The van der Waals surface area contributed by atoms with Gasteiger partial charge in [0.05, 0.1) is 0 Å². The Bertz CT molecular complexity index is 231. The van der Waals surface area contributed by atoms with Gasteiger partial charge in [-0.3, -0.25) is 0 Å². The molecule has 0 amide bonds. The Morgan fingerprint density at radius 1 is 1.67 bits per heavy atom. The monoisotopic (exact) mass is 214 g/mol. The minimum atomic E-state index is -0.596. The lowest BCUT2D eigenvalue weighted by atomic mass is 10.2. The molecule has 2 unspecified atom stereocenters. The molecule has 0 aliphatic carbocycles. The van der Waals surface area contributed by atoms with Gasteiger partial charge in [-0.2, -0.15) is 0 Å². The highest BCUT2D eigenvalue weighted by Gasteiger charge is 2.29.